The predicted molar refractivity (Wildman–Crippen MR) is 120 cm³/mol. The number of carbonyl (C=O) groups excluding carboxylic acids is 3. The monoisotopic (exact) mass is 458 g/mol. The molecule has 0 atom stereocenters. The van der Waals surface area contributed by atoms with Crippen molar-refractivity contribution in [3.8, 4) is 0 Å². The van der Waals surface area contributed by atoms with Gasteiger partial charge in [-0.25, -0.2) is 4.98 Å². The molecule has 9 heteroatoms. The van der Waals surface area contributed by atoms with Crippen molar-refractivity contribution in [3.05, 3.63) is 57.8 Å². The smallest absolute Gasteiger partial charge is 0.265 e. The van der Waals surface area contributed by atoms with Crippen LogP contribution in [-0.4, -0.2) is 33.3 Å². The van der Waals surface area contributed by atoms with Gasteiger partial charge in [-0.1, -0.05) is 23.2 Å². The van der Waals surface area contributed by atoms with Crippen LogP contribution in [0.25, 0.3) is 10.9 Å². The molecule has 1 aliphatic rings. The van der Waals surface area contributed by atoms with Gasteiger partial charge in [-0.05, 0) is 51.0 Å². The molecule has 1 fully saturated rings. The molecular formula is C22H20Cl2N4O3. The van der Waals surface area contributed by atoms with Gasteiger partial charge in [0.15, 0.2) is 0 Å². The van der Waals surface area contributed by atoms with Crippen molar-refractivity contribution in [3.63, 3.8) is 0 Å². The molecule has 2 N–H and O–H groups in total. The molecule has 0 radical (unpaired) electrons. The van der Waals surface area contributed by atoms with Crippen LogP contribution in [0.4, 0.5) is 5.82 Å². The van der Waals surface area contributed by atoms with Crippen molar-refractivity contribution in [2.45, 2.75) is 32.7 Å². The average Bonchev–Trinajstić information content (AvgIpc) is 3.46. The standard InChI is InChI=1S/C22H20Cl2N4O3/c1-11(2)26-21(30)13-9-15(23)18(16(24)10-13)22(31)28-8-6-14-17(28)5-7-25-19(14)27-20(29)12-3-4-12/h5-12H,3-4H2,1-2H3,(H,26,30)(H,25,27,29). The van der Waals surface area contributed by atoms with Crippen molar-refractivity contribution in [2.24, 2.45) is 5.92 Å². The van der Waals surface area contributed by atoms with Crippen LogP contribution in [0, 0.1) is 5.92 Å². The van der Waals surface area contributed by atoms with Crippen LogP contribution in [0.3, 0.4) is 0 Å². The summed E-state index contributed by atoms with van der Waals surface area (Å²) in [6.07, 6.45) is 4.86. The number of hydrogen-bond acceptors (Lipinski definition) is 4. The number of rotatable bonds is 5. The van der Waals surface area contributed by atoms with E-state index >= 15 is 0 Å². The van der Waals surface area contributed by atoms with E-state index in [1.165, 1.54) is 22.9 Å². The normalized spacial score (nSPS) is 13.5. The summed E-state index contributed by atoms with van der Waals surface area (Å²) < 4.78 is 1.39. The summed E-state index contributed by atoms with van der Waals surface area (Å²) in [5.41, 5.74) is 0.911. The van der Waals surface area contributed by atoms with Crippen molar-refractivity contribution < 1.29 is 14.4 Å². The van der Waals surface area contributed by atoms with E-state index in [4.69, 9.17) is 23.2 Å². The molecule has 1 aromatic carbocycles. The molecule has 0 bridgehead atoms. The third-order valence-electron chi connectivity index (χ3n) is 4.96. The Morgan fingerprint density at radius 1 is 1.13 bits per heavy atom. The Morgan fingerprint density at radius 2 is 1.81 bits per heavy atom. The number of anilines is 1. The highest BCUT2D eigenvalue weighted by Gasteiger charge is 2.30. The number of nitrogens with zero attached hydrogens (tertiary/aromatic N) is 2. The second-order valence-corrected chi connectivity index (χ2v) is 8.60. The number of fused-ring (bicyclic) bond motifs is 1. The van der Waals surface area contributed by atoms with E-state index < -0.39 is 5.91 Å². The summed E-state index contributed by atoms with van der Waals surface area (Å²) in [5, 5.41) is 6.36. The zero-order chi connectivity index (χ0) is 22.3. The fourth-order valence-electron chi connectivity index (χ4n) is 3.28. The third-order valence-corrected chi connectivity index (χ3v) is 5.56. The lowest BCUT2D eigenvalue weighted by Crippen LogP contribution is -2.30. The number of benzene rings is 1. The summed E-state index contributed by atoms with van der Waals surface area (Å²) in [7, 11) is 0. The number of aromatic nitrogens is 2. The summed E-state index contributed by atoms with van der Waals surface area (Å²) >= 11 is 12.7. The van der Waals surface area contributed by atoms with Crippen molar-refractivity contribution in [2.75, 3.05) is 5.32 Å². The number of pyridine rings is 1. The van der Waals surface area contributed by atoms with Gasteiger partial charge in [-0.2, -0.15) is 0 Å². The summed E-state index contributed by atoms with van der Waals surface area (Å²) in [6, 6.07) is 6.17. The maximum absolute atomic E-state index is 13.3. The van der Waals surface area contributed by atoms with Gasteiger partial charge in [-0.15, -0.1) is 0 Å². The van der Waals surface area contributed by atoms with E-state index in [0.29, 0.717) is 16.7 Å². The molecule has 2 amide bonds. The van der Waals surface area contributed by atoms with E-state index in [1.54, 1.807) is 18.3 Å². The third kappa shape index (κ3) is 4.29. The molecule has 2 heterocycles. The van der Waals surface area contributed by atoms with Gasteiger partial charge in [0.05, 0.1) is 21.1 Å². The van der Waals surface area contributed by atoms with Crippen LogP contribution in [-0.2, 0) is 4.79 Å². The number of halogens is 2. The first-order valence-electron chi connectivity index (χ1n) is 9.87. The van der Waals surface area contributed by atoms with Gasteiger partial charge in [0, 0.05) is 35.3 Å². The quantitative estimate of drug-likeness (QED) is 0.587. The van der Waals surface area contributed by atoms with E-state index in [2.05, 4.69) is 15.6 Å². The van der Waals surface area contributed by atoms with Gasteiger partial charge in [0.2, 0.25) is 5.91 Å². The molecule has 7 nitrogen and oxygen atoms in total. The van der Waals surface area contributed by atoms with Crippen LogP contribution in [0.15, 0.2) is 36.7 Å². The molecule has 0 saturated heterocycles. The molecule has 0 spiro atoms. The van der Waals surface area contributed by atoms with E-state index in [1.807, 2.05) is 13.8 Å². The molecule has 3 aromatic rings. The van der Waals surface area contributed by atoms with Crippen molar-refractivity contribution in [1.82, 2.24) is 14.9 Å². The number of carbonyl (C=O) groups is 3. The molecule has 0 unspecified atom stereocenters. The van der Waals surface area contributed by atoms with Gasteiger partial charge in [0.25, 0.3) is 11.8 Å². The first-order valence-corrected chi connectivity index (χ1v) is 10.6. The van der Waals surface area contributed by atoms with Crippen molar-refractivity contribution >= 4 is 57.6 Å². The molecule has 0 aliphatic heterocycles. The predicted octanol–water partition coefficient (Wildman–Crippen LogP) is 4.52. The average molecular weight is 459 g/mol. The first-order chi connectivity index (χ1) is 14.8. The minimum atomic E-state index is -0.452. The topological polar surface area (TPSA) is 93.1 Å². The van der Waals surface area contributed by atoms with E-state index in [-0.39, 0.29) is 44.9 Å². The van der Waals surface area contributed by atoms with Crippen molar-refractivity contribution in [1.29, 1.82) is 0 Å². The number of amides is 2. The minimum absolute atomic E-state index is 0.0322. The first kappa shape index (κ1) is 21.3. The lowest BCUT2D eigenvalue weighted by atomic mass is 10.1. The Labute approximate surface area is 188 Å². The molecular weight excluding hydrogens is 439 g/mol. The molecule has 1 saturated carbocycles. The van der Waals surface area contributed by atoms with Gasteiger partial charge in [-0.3, -0.25) is 19.0 Å². The zero-order valence-corrected chi connectivity index (χ0v) is 18.4. The Bertz CT molecular complexity index is 1190. The summed E-state index contributed by atoms with van der Waals surface area (Å²) in [5.74, 6) is -0.415. The van der Waals surface area contributed by atoms with Crippen LogP contribution in [0.1, 0.15) is 47.4 Å². The highest BCUT2D eigenvalue weighted by Crippen LogP contribution is 2.32. The molecule has 1 aliphatic carbocycles. The fourth-order valence-corrected chi connectivity index (χ4v) is 3.93. The second-order valence-electron chi connectivity index (χ2n) is 7.79. The molecule has 31 heavy (non-hydrogen) atoms. The minimum Gasteiger partial charge on any atom is -0.350 e. The zero-order valence-electron chi connectivity index (χ0n) is 16.9. The second kappa shape index (κ2) is 8.32. The van der Waals surface area contributed by atoms with Crippen LogP contribution in [0.5, 0.6) is 0 Å². The highest BCUT2D eigenvalue weighted by atomic mass is 35.5. The lowest BCUT2D eigenvalue weighted by molar-refractivity contribution is -0.117. The van der Waals surface area contributed by atoms with Crippen LogP contribution in [0.2, 0.25) is 10.0 Å². The largest absolute Gasteiger partial charge is 0.350 e. The Balaban J connectivity index is 1.68. The molecule has 2 aromatic heterocycles. The maximum Gasteiger partial charge on any atom is 0.265 e. The van der Waals surface area contributed by atoms with Crippen LogP contribution >= 0.6 is 23.2 Å². The van der Waals surface area contributed by atoms with Gasteiger partial charge in [0.1, 0.15) is 5.82 Å². The Hall–Kier alpha value is -2.90. The van der Waals surface area contributed by atoms with E-state index in [0.717, 1.165) is 12.8 Å². The van der Waals surface area contributed by atoms with Crippen LogP contribution < -0.4 is 10.6 Å². The number of nitrogens with one attached hydrogen (secondary N) is 2. The molecule has 4 rings (SSSR count). The molecule has 160 valence electrons. The lowest BCUT2D eigenvalue weighted by Gasteiger charge is -2.12. The fraction of sp³-hybridized carbons (Fsp3) is 0.273. The summed E-state index contributed by atoms with van der Waals surface area (Å²) in [4.78, 5) is 41.9. The summed E-state index contributed by atoms with van der Waals surface area (Å²) in [6.45, 7) is 3.68. The number of hydrogen-bond donors (Lipinski definition) is 2. The SMILES string of the molecule is CC(C)NC(=O)c1cc(Cl)c(C(=O)n2ccc3c(NC(=O)C4CC4)nccc32)c(Cl)c1. The maximum atomic E-state index is 13.3. The Kier molecular flexibility index (Phi) is 5.73. The van der Waals surface area contributed by atoms with Gasteiger partial charge >= 0.3 is 0 Å². The Morgan fingerprint density at radius 3 is 2.42 bits per heavy atom. The van der Waals surface area contributed by atoms with E-state index in [9.17, 15) is 14.4 Å². The van der Waals surface area contributed by atoms with Gasteiger partial charge < -0.3 is 10.6 Å². The highest BCUT2D eigenvalue weighted by molar-refractivity contribution is 6.40.